The van der Waals surface area contributed by atoms with Crippen LogP contribution in [0.5, 0.6) is 0 Å². The van der Waals surface area contributed by atoms with Gasteiger partial charge >= 0.3 is 5.97 Å². The van der Waals surface area contributed by atoms with E-state index in [2.05, 4.69) is 4.74 Å². The number of ether oxygens (including phenoxy) is 1. The smallest absolute Gasteiger partial charge is 0.325 e. The van der Waals surface area contributed by atoms with Gasteiger partial charge in [-0.1, -0.05) is 0 Å². The van der Waals surface area contributed by atoms with Crippen LogP contribution in [0.25, 0.3) is 0 Å². The van der Waals surface area contributed by atoms with E-state index in [1.54, 1.807) is 13.8 Å². The third-order valence-electron chi connectivity index (χ3n) is 3.02. The molecule has 1 amide bonds. The first-order chi connectivity index (χ1) is 8.26. The molecule has 0 radical (unpaired) electrons. The predicted molar refractivity (Wildman–Crippen MR) is 65.6 cm³/mol. The molecular formula is C11H19NO5S. The zero-order valence-electron chi connectivity index (χ0n) is 10.9. The second-order valence-corrected chi connectivity index (χ2v) is 6.96. The van der Waals surface area contributed by atoms with Crippen LogP contribution in [-0.4, -0.2) is 56.4 Å². The fourth-order valence-corrected chi connectivity index (χ4v) is 3.68. The van der Waals surface area contributed by atoms with Gasteiger partial charge in [0.1, 0.15) is 6.54 Å². The monoisotopic (exact) mass is 277 g/mol. The summed E-state index contributed by atoms with van der Waals surface area (Å²) in [6.07, 6.45) is 0.339. The lowest BCUT2D eigenvalue weighted by molar-refractivity contribution is -0.149. The van der Waals surface area contributed by atoms with Gasteiger partial charge in [-0.2, -0.15) is 0 Å². The zero-order valence-corrected chi connectivity index (χ0v) is 11.7. The number of nitrogens with zero attached hydrogens (tertiary/aromatic N) is 1. The predicted octanol–water partition coefficient (Wildman–Crippen LogP) is -0.169. The highest BCUT2D eigenvalue weighted by Gasteiger charge is 2.36. The highest BCUT2D eigenvalue weighted by Crippen LogP contribution is 2.21. The van der Waals surface area contributed by atoms with Gasteiger partial charge in [0.05, 0.1) is 24.5 Å². The van der Waals surface area contributed by atoms with E-state index in [1.807, 2.05) is 0 Å². The summed E-state index contributed by atoms with van der Waals surface area (Å²) in [5.74, 6) is -1.37. The van der Waals surface area contributed by atoms with Crippen molar-refractivity contribution in [1.82, 2.24) is 4.90 Å². The Morgan fingerprint density at radius 1 is 1.39 bits per heavy atom. The quantitative estimate of drug-likeness (QED) is 0.667. The van der Waals surface area contributed by atoms with Crippen molar-refractivity contribution in [3.8, 4) is 0 Å². The maximum absolute atomic E-state index is 12.2. The number of amides is 1. The highest BCUT2D eigenvalue weighted by atomic mass is 32.2. The zero-order chi connectivity index (χ0) is 13.9. The number of esters is 1. The molecule has 6 nitrogen and oxygen atoms in total. The maximum Gasteiger partial charge on any atom is 0.325 e. The SMILES string of the molecule is COC(=O)CN(C(=O)C1CCS(=O)(=O)C1)C(C)C. The number of carbonyl (C=O) groups excluding carboxylic acids is 2. The van der Waals surface area contributed by atoms with Gasteiger partial charge in [0.25, 0.3) is 0 Å². The minimum absolute atomic E-state index is 0.0492. The molecule has 7 heteroatoms. The summed E-state index contributed by atoms with van der Waals surface area (Å²) in [6.45, 7) is 3.43. The van der Waals surface area contributed by atoms with Crippen molar-refractivity contribution in [1.29, 1.82) is 0 Å². The Bertz CT molecular complexity index is 429. The number of sulfone groups is 1. The Morgan fingerprint density at radius 2 is 2.00 bits per heavy atom. The van der Waals surface area contributed by atoms with E-state index >= 15 is 0 Å². The van der Waals surface area contributed by atoms with E-state index in [0.29, 0.717) is 6.42 Å². The summed E-state index contributed by atoms with van der Waals surface area (Å²) < 4.78 is 27.2. The van der Waals surface area contributed by atoms with Gasteiger partial charge in [-0.25, -0.2) is 8.42 Å². The van der Waals surface area contributed by atoms with Crippen LogP contribution in [0.3, 0.4) is 0 Å². The van der Waals surface area contributed by atoms with Crippen LogP contribution in [0.2, 0.25) is 0 Å². The molecule has 0 aromatic heterocycles. The normalized spacial score (nSPS) is 21.9. The molecule has 18 heavy (non-hydrogen) atoms. The van der Waals surface area contributed by atoms with Crippen molar-refractivity contribution in [2.45, 2.75) is 26.3 Å². The molecule has 1 aliphatic heterocycles. The molecule has 0 saturated carbocycles. The van der Waals surface area contributed by atoms with E-state index < -0.39 is 21.7 Å². The third-order valence-corrected chi connectivity index (χ3v) is 4.78. The van der Waals surface area contributed by atoms with E-state index in [1.165, 1.54) is 12.0 Å². The van der Waals surface area contributed by atoms with Crippen LogP contribution in [0.4, 0.5) is 0 Å². The Morgan fingerprint density at radius 3 is 2.39 bits per heavy atom. The molecule has 0 aromatic carbocycles. The number of rotatable bonds is 4. The van der Waals surface area contributed by atoms with E-state index in [9.17, 15) is 18.0 Å². The van der Waals surface area contributed by atoms with Gasteiger partial charge in [0.2, 0.25) is 5.91 Å². The molecule has 0 aromatic rings. The first-order valence-electron chi connectivity index (χ1n) is 5.84. The maximum atomic E-state index is 12.2. The molecule has 1 aliphatic rings. The third kappa shape index (κ3) is 3.69. The standard InChI is InChI=1S/C11H19NO5S/c1-8(2)12(6-10(13)17-3)11(14)9-4-5-18(15,16)7-9/h8-9H,4-7H2,1-3H3. The summed E-state index contributed by atoms with van der Waals surface area (Å²) >= 11 is 0. The summed E-state index contributed by atoms with van der Waals surface area (Å²) in [4.78, 5) is 24.8. The van der Waals surface area contributed by atoms with Crippen LogP contribution in [0, 0.1) is 5.92 Å². The van der Waals surface area contributed by atoms with Crippen LogP contribution in [0.15, 0.2) is 0 Å². The minimum atomic E-state index is -3.10. The highest BCUT2D eigenvalue weighted by molar-refractivity contribution is 7.91. The second kappa shape index (κ2) is 5.69. The van der Waals surface area contributed by atoms with Crippen molar-refractivity contribution in [3.05, 3.63) is 0 Å². The van der Waals surface area contributed by atoms with Crippen molar-refractivity contribution in [2.24, 2.45) is 5.92 Å². The van der Waals surface area contributed by atoms with E-state index in [-0.39, 0.29) is 30.0 Å². The largest absolute Gasteiger partial charge is 0.468 e. The Hall–Kier alpha value is -1.11. The van der Waals surface area contributed by atoms with Crippen LogP contribution in [0.1, 0.15) is 20.3 Å². The molecule has 0 N–H and O–H groups in total. The van der Waals surface area contributed by atoms with E-state index in [4.69, 9.17) is 0 Å². The number of carbonyl (C=O) groups is 2. The lowest BCUT2D eigenvalue weighted by Crippen LogP contribution is -2.44. The lowest BCUT2D eigenvalue weighted by Gasteiger charge is -2.27. The van der Waals surface area contributed by atoms with Gasteiger partial charge in [0.15, 0.2) is 9.84 Å². The number of methoxy groups -OCH3 is 1. The minimum Gasteiger partial charge on any atom is -0.468 e. The summed E-state index contributed by atoms with van der Waals surface area (Å²) in [6, 6.07) is -0.167. The molecule has 104 valence electrons. The average Bonchev–Trinajstić information content (AvgIpc) is 2.64. The van der Waals surface area contributed by atoms with Gasteiger partial charge in [0, 0.05) is 6.04 Å². The molecule has 1 unspecified atom stereocenters. The molecule has 1 fully saturated rings. The summed E-state index contributed by atoms with van der Waals surface area (Å²) in [5.41, 5.74) is 0. The van der Waals surface area contributed by atoms with Crippen LogP contribution in [-0.2, 0) is 24.2 Å². The van der Waals surface area contributed by atoms with Gasteiger partial charge in [-0.3, -0.25) is 9.59 Å². The Labute approximate surface area is 107 Å². The first-order valence-corrected chi connectivity index (χ1v) is 7.66. The van der Waals surface area contributed by atoms with Crippen LogP contribution < -0.4 is 0 Å². The summed E-state index contributed by atoms with van der Waals surface area (Å²) in [5, 5.41) is 0. The van der Waals surface area contributed by atoms with Crippen molar-refractivity contribution in [2.75, 3.05) is 25.2 Å². The Kier molecular flexibility index (Phi) is 4.72. The lowest BCUT2D eigenvalue weighted by atomic mass is 10.1. The molecule has 0 aliphatic carbocycles. The van der Waals surface area contributed by atoms with Crippen LogP contribution >= 0.6 is 0 Å². The topological polar surface area (TPSA) is 80.8 Å². The van der Waals surface area contributed by atoms with Gasteiger partial charge in [-0.15, -0.1) is 0 Å². The van der Waals surface area contributed by atoms with Gasteiger partial charge in [-0.05, 0) is 20.3 Å². The fourth-order valence-electron chi connectivity index (χ4n) is 1.94. The molecule has 1 saturated heterocycles. The first kappa shape index (κ1) is 14.9. The molecule has 0 bridgehead atoms. The molecular weight excluding hydrogens is 258 g/mol. The number of hydrogen-bond donors (Lipinski definition) is 0. The summed E-state index contributed by atoms with van der Waals surface area (Å²) in [7, 11) is -1.84. The number of hydrogen-bond acceptors (Lipinski definition) is 5. The average molecular weight is 277 g/mol. The molecule has 1 atom stereocenters. The second-order valence-electron chi connectivity index (χ2n) is 4.74. The van der Waals surface area contributed by atoms with Crippen molar-refractivity contribution < 1.29 is 22.7 Å². The van der Waals surface area contributed by atoms with Crippen molar-refractivity contribution >= 4 is 21.7 Å². The molecule has 0 spiro atoms. The molecule has 1 rings (SSSR count). The van der Waals surface area contributed by atoms with Gasteiger partial charge < -0.3 is 9.64 Å². The van der Waals surface area contributed by atoms with E-state index in [0.717, 1.165) is 0 Å². The Balaban J connectivity index is 2.75. The molecule has 1 heterocycles. The fraction of sp³-hybridized carbons (Fsp3) is 0.818. The van der Waals surface area contributed by atoms with Crippen molar-refractivity contribution in [3.63, 3.8) is 0 Å².